The van der Waals surface area contributed by atoms with Crippen LogP contribution in [0.4, 0.5) is 0 Å². The lowest BCUT2D eigenvalue weighted by atomic mass is 10.1. The number of carbonyl (C=O) groups excluding carboxylic acids is 1. The molecule has 0 radical (unpaired) electrons. The molecule has 1 aromatic carbocycles. The number of furan rings is 1. The van der Waals surface area contributed by atoms with Gasteiger partial charge in [0.2, 0.25) is 0 Å². The third-order valence-corrected chi connectivity index (χ3v) is 3.48. The summed E-state index contributed by atoms with van der Waals surface area (Å²) < 4.78 is 12.0. The van der Waals surface area contributed by atoms with Crippen molar-refractivity contribution in [3.63, 3.8) is 0 Å². The number of hydrogen-bond donors (Lipinski definition) is 1. The first-order chi connectivity index (χ1) is 11.2. The van der Waals surface area contributed by atoms with Gasteiger partial charge in [0, 0.05) is 12.6 Å². The molecule has 0 aliphatic rings. The molecular formula is C17H17N3O3. The smallest absolute Gasteiger partial charge is 0.269 e. The van der Waals surface area contributed by atoms with E-state index in [0.717, 1.165) is 17.0 Å². The standard InChI is InChI=1S/C17H17N3O3/c1-20-16(17(21)18-11-14-7-4-8-23-14)10-15(19-20)12-5-3-6-13(9-12)22-2/h3-10H,11H2,1-2H3,(H,18,21). The van der Waals surface area contributed by atoms with Crippen LogP contribution in [0.1, 0.15) is 16.2 Å². The number of amides is 1. The molecule has 0 aliphatic carbocycles. The van der Waals surface area contributed by atoms with Crippen molar-refractivity contribution in [2.75, 3.05) is 7.11 Å². The van der Waals surface area contributed by atoms with Crippen LogP contribution in [0.2, 0.25) is 0 Å². The second-order valence-electron chi connectivity index (χ2n) is 5.03. The summed E-state index contributed by atoms with van der Waals surface area (Å²) in [6.07, 6.45) is 1.58. The SMILES string of the molecule is COc1cccc(-c2cc(C(=O)NCc3ccco3)n(C)n2)c1. The molecule has 2 heterocycles. The quantitative estimate of drug-likeness (QED) is 0.786. The number of nitrogens with zero attached hydrogens (tertiary/aromatic N) is 2. The van der Waals surface area contributed by atoms with Gasteiger partial charge >= 0.3 is 0 Å². The molecule has 1 N–H and O–H groups in total. The molecule has 3 aromatic rings. The molecule has 0 unspecified atom stereocenters. The van der Waals surface area contributed by atoms with E-state index in [1.165, 1.54) is 0 Å². The number of aromatic nitrogens is 2. The fourth-order valence-electron chi connectivity index (χ4n) is 2.27. The minimum Gasteiger partial charge on any atom is -0.497 e. The highest BCUT2D eigenvalue weighted by molar-refractivity contribution is 5.93. The molecule has 0 bridgehead atoms. The van der Waals surface area contributed by atoms with E-state index in [1.807, 2.05) is 30.3 Å². The molecule has 0 saturated heterocycles. The van der Waals surface area contributed by atoms with Gasteiger partial charge < -0.3 is 14.5 Å². The highest BCUT2D eigenvalue weighted by atomic mass is 16.5. The highest BCUT2D eigenvalue weighted by Gasteiger charge is 2.14. The van der Waals surface area contributed by atoms with Crippen molar-refractivity contribution in [2.45, 2.75) is 6.54 Å². The summed E-state index contributed by atoms with van der Waals surface area (Å²) in [4.78, 5) is 12.3. The second-order valence-corrected chi connectivity index (χ2v) is 5.03. The van der Waals surface area contributed by atoms with Crippen LogP contribution in [0.3, 0.4) is 0 Å². The number of aryl methyl sites for hydroxylation is 1. The molecule has 3 rings (SSSR count). The predicted molar refractivity (Wildman–Crippen MR) is 85.1 cm³/mol. The van der Waals surface area contributed by atoms with E-state index in [0.29, 0.717) is 18.0 Å². The Kier molecular flexibility index (Phi) is 4.14. The Balaban J connectivity index is 1.78. The summed E-state index contributed by atoms with van der Waals surface area (Å²) in [6.45, 7) is 0.339. The molecule has 0 spiro atoms. The van der Waals surface area contributed by atoms with Crippen molar-refractivity contribution in [3.8, 4) is 17.0 Å². The number of carbonyl (C=O) groups is 1. The summed E-state index contributed by atoms with van der Waals surface area (Å²) in [7, 11) is 3.36. The number of methoxy groups -OCH3 is 1. The molecule has 0 saturated carbocycles. The summed E-state index contributed by atoms with van der Waals surface area (Å²) in [5.74, 6) is 1.25. The van der Waals surface area contributed by atoms with Gasteiger partial charge in [-0.05, 0) is 30.3 Å². The Morgan fingerprint density at radius 2 is 2.17 bits per heavy atom. The zero-order chi connectivity index (χ0) is 16.2. The zero-order valence-corrected chi connectivity index (χ0v) is 12.9. The lowest BCUT2D eigenvalue weighted by Crippen LogP contribution is -2.24. The Bertz CT molecular complexity index is 806. The normalized spacial score (nSPS) is 10.5. The van der Waals surface area contributed by atoms with Gasteiger partial charge in [0.1, 0.15) is 17.2 Å². The molecule has 0 fully saturated rings. The van der Waals surface area contributed by atoms with Crippen LogP contribution >= 0.6 is 0 Å². The maximum atomic E-state index is 12.3. The van der Waals surface area contributed by atoms with Crippen LogP contribution in [0.5, 0.6) is 5.75 Å². The van der Waals surface area contributed by atoms with E-state index in [4.69, 9.17) is 9.15 Å². The largest absolute Gasteiger partial charge is 0.497 e. The number of nitrogens with one attached hydrogen (secondary N) is 1. The topological polar surface area (TPSA) is 69.3 Å². The van der Waals surface area contributed by atoms with Gasteiger partial charge in [-0.15, -0.1) is 0 Å². The predicted octanol–water partition coefficient (Wildman–Crippen LogP) is 2.62. The van der Waals surface area contributed by atoms with E-state index in [2.05, 4.69) is 10.4 Å². The lowest BCUT2D eigenvalue weighted by molar-refractivity contribution is 0.0938. The third kappa shape index (κ3) is 3.26. The number of benzene rings is 1. The molecule has 118 valence electrons. The van der Waals surface area contributed by atoms with Crippen molar-refractivity contribution in [3.05, 3.63) is 60.2 Å². The monoisotopic (exact) mass is 311 g/mol. The summed E-state index contributed by atoms with van der Waals surface area (Å²) >= 11 is 0. The Labute approximate surface area is 133 Å². The van der Waals surface area contributed by atoms with E-state index in [9.17, 15) is 4.79 Å². The van der Waals surface area contributed by atoms with E-state index in [1.54, 1.807) is 37.2 Å². The van der Waals surface area contributed by atoms with Gasteiger partial charge in [0.25, 0.3) is 5.91 Å². The third-order valence-electron chi connectivity index (χ3n) is 3.48. The number of ether oxygens (including phenoxy) is 1. The fraction of sp³-hybridized carbons (Fsp3) is 0.176. The lowest BCUT2D eigenvalue weighted by Gasteiger charge is -2.02. The first-order valence-corrected chi connectivity index (χ1v) is 7.16. The van der Waals surface area contributed by atoms with E-state index >= 15 is 0 Å². The Morgan fingerprint density at radius 1 is 1.30 bits per heavy atom. The molecule has 6 heteroatoms. The van der Waals surface area contributed by atoms with Crippen molar-refractivity contribution >= 4 is 5.91 Å². The molecule has 0 aliphatic heterocycles. The first kappa shape index (κ1) is 14.9. The average molecular weight is 311 g/mol. The zero-order valence-electron chi connectivity index (χ0n) is 12.9. The van der Waals surface area contributed by atoms with Gasteiger partial charge in [-0.25, -0.2) is 0 Å². The van der Waals surface area contributed by atoms with Gasteiger partial charge in [0.15, 0.2) is 0 Å². The minimum atomic E-state index is -0.203. The minimum absolute atomic E-state index is 0.203. The number of rotatable bonds is 5. The van der Waals surface area contributed by atoms with Crippen molar-refractivity contribution < 1.29 is 13.9 Å². The highest BCUT2D eigenvalue weighted by Crippen LogP contribution is 2.23. The molecule has 2 aromatic heterocycles. The van der Waals surface area contributed by atoms with Crippen LogP contribution in [-0.4, -0.2) is 22.8 Å². The Morgan fingerprint density at radius 3 is 2.91 bits per heavy atom. The Hall–Kier alpha value is -3.02. The van der Waals surface area contributed by atoms with Crippen LogP contribution in [0.15, 0.2) is 53.1 Å². The van der Waals surface area contributed by atoms with Gasteiger partial charge in [0.05, 0.1) is 25.6 Å². The second kappa shape index (κ2) is 6.39. The van der Waals surface area contributed by atoms with E-state index < -0.39 is 0 Å². The summed E-state index contributed by atoms with van der Waals surface area (Å²) in [5, 5.41) is 7.21. The van der Waals surface area contributed by atoms with Crippen LogP contribution in [0, 0.1) is 0 Å². The molecule has 23 heavy (non-hydrogen) atoms. The maximum absolute atomic E-state index is 12.3. The average Bonchev–Trinajstić information content (AvgIpc) is 3.22. The van der Waals surface area contributed by atoms with Crippen LogP contribution in [-0.2, 0) is 13.6 Å². The van der Waals surface area contributed by atoms with Gasteiger partial charge in [-0.3, -0.25) is 9.48 Å². The van der Waals surface area contributed by atoms with Crippen molar-refractivity contribution in [1.29, 1.82) is 0 Å². The fourth-order valence-corrected chi connectivity index (χ4v) is 2.27. The summed E-state index contributed by atoms with van der Waals surface area (Å²) in [6, 6.07) is 12.9. The van der Waals surface area contributed by atoms with Crippen molar-refractivity contribution in [1.82, 2.24) is 15.1 Å². The molecule has 0 atom stereocenters. The van der Waals surface area contributed by atoms with E-state index in [-0.39, 0.29) is 5.91 Å². The van der Waals surface area contributed by atoms with Gasteiger partial charge in [-0.1, -0.05) is 12.1 Å². The molecule has 6 nitrogen and oxygen atoms in total. The first-order valence-electron chi connectivity index (χ1n) is 7.16. The van der Waals surface area contributed by atoms with Crippen LogP contribution < -0.4 is 10.1 Å². The van der Waals surface area contributed by atoms with Gasteiger partial charge in [-0.2, -0.15) is 5.10 Å². The molecular weight excluding hydrogens is 294 g/mol. The molecule has 1 amide bonds. The maximum Gasteiger partial charge on any atom is 0.269 e. The summed E-state index contributed by atoms with van der Waals surface area (Å²) in [5.41, 5.74) is 2.09. The number of hydrogen-bond acceptors (Lipinski definition) is 4. The van der Waals surface area contributed by atoms with Crippen molar-refractivity contribution in [2.24, 2.45) is 7.05 Å². The van der Waals surface area contributed by atoms with Crippen LogP contribution in [0.25, 0.3) is 11.3 Å².